The molecule has 0 radical (unpaired) electrons. The summed E-state index contributed by atoms with van der Waals surface area (Å²) in [4.78, 5) is 0. The molecule has 5 nitrogen and oxygen atoms in total. The number of hydrogen-bond donors (Lipinski definition) is 0. The van der Waals surface area contributed by atoms with Gasteiger partial charge in [0.1, 0.15) is 11.2 Å². The second-order valence-corrected chi connectivity index (χ2v) is 17.3. The van der Waals surface area contributed by atoms with Crippen molar-refractivity contribution in [3.8, 4) is 22.7 Å². The zero-order chi connectivity index (χ0) is 42.3. The molecule has 0 spiro atoms. The van der Waals surface area contributed by atoms with Crippen molar-refractivity contribution in [2.24, 2.45) is 0 Å². The smallest absolute Gasteiger partial charge is 0.145 e. The van der Waals surface area contributed by atoms with Gasteiger partial charge in [-0.3, -0.25) is 0 Å². The molecule has 15 rings (SSSR count). The zero-order valence-corrected chi connectivity index (χ0v) is 35.0. The lowest BCUT2D eigenvalue weighted by atomic mass is 10.1. The van der Waals surface area contributed by atoms with Gasteiger partial charge in [0.05, 0.1) is 54.9 Å². The molecule has 5 aromatic heterocycles. The maximum atomic E-state index is 7.33. The Kier molecular flexibility index (Phi) is 6.89. The number of rotatable bonds is 4. The lowest BCUT2D eigenvalue weighted by Crippen LogP contribution is -1.96. The average Bonchev–Trinajstić information content (AvgIpc) is 4.16. The van der Waals surface area contributed by atoms with Gasteiger partial charge in [0, 0.05) is 65.8 Å². The Labute approximate surface area is 371 Å². The summed E-state index contributed by atoms with van der Waals surface area (Å²) >= 11 is 0. The van der Waals surface area contributed by atoms with Crippen LogP contribution in [-0.4, -0.2) is 18.3 Å². The van der Waals surface area contributed by atoms with Gasteiger partial charge in [-0.15, -0.1) is 0 Å². The number of furan rings is 1. The van der Waals surface area contributed by atoms with Crippen LogP contribution in [0.25, 0.3) is 132 Å². The van der Waals surface area contributed by atoms with E-state index in [-0.39, 0.29) is 0 Å². The first-order valence-corrected chi connectivity index (χ1v) is 22.3. The van der Waals surface area contributed by atoms with Crippen LogP contribution in [-0.2, 0) is 0 Å². The third kappa shape index (κ3) is 4.65. The van der Waals surface area contributed by atoms with Crippen molar-refractivity contribution in [3.63, 3.8) is 0 Å². The van der Waals surface area contributed by atoms with Crippen molar-refractivity contribution < 1.29 is 4.42 Å². The van der Waals surface area contributed by atoms with Crippen molar-refractivity contribution in [2.75, 3.05) is 0 Å². The summed E-state index contributed by atoms with van der Waals surface area (Å²) in [6, 6.07) is 79.3. The third-order valence-electron chi connectivity index (χ3n) is 13.9. The van der Waals surface area contributed by atoms with E-state index in [4.69, 9.17) is 4.42 Å². The lowest BCUT2D eigenvalue weighted by molar-refractivity contribution is 0.677. The average molecular weight is 829 g/mol. The number of benzene rings is 10. The molecule has 0 atom stereocenters. The van der Waals surface area contributed by atoms with Gasteiger partial charge in [-0.05, 0) is 97.1 Å². The van der Waals surface area contributed by atoms with E-state index in [0.29, 0.717) is 0 Å². The van der Waals surface area contributed by atoms with Crippen molar-refractivity contribution in [2.45, 2.75) is 0 Å². The predicted molar refractivity (Wildman–Crippen MR) is 271 cm³/mol. The minimum Gasteiger partial charge on any atom is -0.455 e. The molecule has 0 aliphatic heterocycles. The van der Waals surface area contributed by atoms with Crippen LogP contribution in [0.4, 0.5) is 0 Å². The van der Waals surface area contributed by atoms with Crippen LogP contribution in [0.2, 0.25) is 0 Å². The summed E-state index contributed by atoms with van der Waals surface area (Å²) in [6.45, 7) is 0. The van der Waals surface area contributed by atoms with Crippen molar-refractivity contribution >= 4 is 109 Å². The van der Waals surface area contributed by atoms with Gasteiger partial charge in [0.2, 0.25) is 0 Å². The summed E-state index contributed by atoms with van der Waals surface area (Å²) in [5.74, 6) is 0. The maximum Gasteiger partial charge on any atom is 0.145 e. The molecular formula is C60H36N4O. The Morgan fingerprint density at radius 2 is 0.538 bits per heavy atom. The molecule has 0 amide bonds. The molecule has 5 heteroatoms. The van der Waals surface area contributed by atoms with E-state index >= 15 is 0 Å². The summed E-state index contributed by atoms with van der Waals surface area (Å²) in [5.41, 5.74) is 15.5. The lowest BCUT2D eigenvalue weighted by Gasteiger charge is -2.11. The molecular weight excluding hydrogens is 793 g/mol. The van der Waals surface area contributed by atoms with Crippen LogP contribution in [0, 0.1) is 0 Å². The van der Waals surface area contributed by atoms with Crippen LogP contribution in [0.5, 0.6) is 0 Å². The molecule has 65 heavy (non-hydrogen) atoms. The Balaban J connectivity index is 0.982. The Hall–Kier alpha value is -8.80. The second kappa shape index (κ2) is 12.9. The second-order valence-electron chi connectivity index (χ2n) is 17.3. The SMILES string of the molecule is c1ccc(-n2c3ccccc3c3ccc(-n4c5ccccc5c5c6oc7c(ccc8c7c7ccccc7n8-c7ccc8c9ccccc9n(-c9ccccc9)c8c7)c6ccc54)cc32)cc1. The third-order valence-corrected chi connectivity index (χ3v) is 13.9. The van der Waals surface area contributed by atoms with E-state index in [1.54, 1.807) is 0 Å². The standard InChI is InChI=1S/C60H36N4O/c1-3-15-37(16-4-1)61-49-23-11-7-19-41(49)43-29-27-39(35-55(43)61)63-51-25-13-9-21-47(51)57-53(63)33-31-45-46-32-34-54-58(60(46)65-59(45)57)48-22-10-14-26-52(48)64(54)40-28-30-44-42-20-8-12-24-50(42)62(56(44)36-40)38-17-5-2-6-18-38/h1-36H. The number of para-hydroxylation sites is 6. The van der Waals surface area contributed by atoms with E-state index in [1.165, 1.54) is 43.6 Å². The quantitative estimate of drug-likeness (QED) is 0.174. The van der Waals surface area contributed by atoms with Crippen LogP contribution in [0.15, 0.2) is 223 Å². The van der Waals surface area contributed by atoms with E-state index in [2.05, 4.69) is 237 Å². The molecule has 0 saturated heterocycles. The molecule has 0 saturated carbocycles. The highest BCUT2D eigenvalue weighted by Crippen LogP contribution is 2.46. The number of nitrogens with zero attached hydrogens (tertiary/aromatic N) is 4. The van der Waals surface area contributed by atoms with Crippen LogP contribution < -0.4 is 0 Å². The maximum absolute atomic E-state index is 7.33. The fraction of sp³-hybridized carbons (Fsp3) is 0. The van der Waals surface area contributed by atoms with Gasteiger partial charge in [0.25, 0.3) is 0 Å². The molecule has 0 bridgehead atoms. The highest BCUT2D eigenvalue weighted by molar-refractivity contribution is 6.29. The fourth-order valence-electron chi connectivity index (χ4n) is 11.3. The van der Waals surface area contributed by atoms with Crippen LogP contribution in [0.1, 0.15) is 0 Å². The number of fused-ring (bicyclic) bond motifs is 17. The van der Waals surface area contributed by atoms with Crippen molar-refractivity contribution in [1.82, 2.24) is 18.3 Å². The first-order valence-electron chi connectivity index (χ1n) is 22.3. The molecule has 0 aliphatic carbocycles. The molecule has 0 fully saturated rings. The highest BCUT2D eigenvalue weighted by atomic mass is 16.3. The molecule has 302 valence electrons. The monoisotopic (exact) mass is 828 g/mol. The molecule has 0 unspecified atom stereocenters. The first-order chi connectivity index (χ1) is 32.3. The Bertz CT molecular complexity index is 4180. The molecule has 15 aromatic rings. The minimum absolute atomic E-state index is 0.907. The summed E-state index contributed by atoms with van der Waals surface area (Å²) in [5, 5.41) is 11.7. The van der Waals surface area contributed by atoms with Gasteiger partial charge in [0.15, 0.2) is 0 Å². The van der Waals surface area contributed by atoms with Crippen molar-refractivity contribution in [3.05, 3.63) is 218 Å². The largest absolute Gasteiger partial charge is 0.455 e. The van der Waals surface area contributed by atoms with Gasteiger partial charge < -0.3 is 22.7 Å². The van der Waals surface area contributed by atoms with E-state index < -0.39 is 0 Å². The van der Waals surface area contributed by atoms with E-state index in [1.807, 2.05) is 0 Å². The molecule has 0 aliphatic rings. The van der Waals surface area contributed by atoms with Crippen LogP contribution in [0.3, 0.4) is 0 Å². The van der Waals surface area contributed by atoms with Gasteiger partial charge in [-0.1, -0.05) is 121 Å². The fourth-order valence-corrected chi connectivity index (χ4v) is 11.3. The molecule has 10 aromatic carbocycles. The van der Waals surface area contributed by atoms with Gasteiger partial charge >= 0.3 is 0 Å². The Morgan fingerprint density at radius 3 is 0.969 bits per heavy atom. The normalized spacial score (nSPS) is 12.3. The predicted octanol–water partition coefficient (Wildman–Crippen LogP) is 16.0. The zero-order valence-electron chi connectivity index (χ0n) is 35.0. The summed E-state index contributed by atoms with van der Waals surface area (Å²) < 4.78 is 16.9. The molecule has 0 N–H and O–H groups in total. The summed E-state index contributed by atoms with van der Waals surface area (Å²) in [6.07, 6.45) is 0. The Morgan fingerprint density at radius 1 is 0.215 bits per heavy atom. The highest BCUT2D eigenvalue weighted by Gasteiger charge is 2.24. The van der Waals surface area contributed by atoms with Crippen LogP contribution >= 0.6 is 0 Å². The van der Waals surface area contributed by atoms with Gasteiger partial charge in [-0.2, -0.15) is 0 Å². The molecule has 5 heterocycles. The van der Waals surface area contributed by atoms with Gasteiger partial charge in [-0.25, -0.2) is 0 Å². The topological polar surface area (TPSA) is 32.9 Å². The van der Waals surface area contributed by atoms with E-state index in [9.17, 15) is 0 Å². The minimum atomic E-state index is 0.907. The first kappa shape index (κ1) is 34.7. The van der Waals surface area contributed by atoms with E-state index in [0.717, 1.165) is 88.3 Å². The van der Waals surface area contributed by atoms with Crippen molar-refractivity contribution in [1.29, 1.82) is 0 Å². The number of hydrogen-bond acceptors (Lipinski definition) is 1. The summed E-state index contributed by atoms with van der Waals surface area (Å²) in [7, 11) is 0. The number of aromatic nitrogens is 4.